The predicted molar refractivity (Wildman–Crippen MR) is 103 cm³/mol. The molecule has 26 heavy (non-hydrogen) atoms. The molecule has 0 aliphatic carbocycles. The number of ether oxygens (including phenoxy) is 1. The molecule has 8 heteroatoms. The van der Waals surface area contributed by atoms with E-state index in [1.165, 1.54) is 4.31 Å². The maximum atomic E-state index is 12.6. The molecule has 146 valence electrons. The number of sulfonamides is 1. The van der Waals surface area contributed by atoms with Crippen molar-refractivity contribution < 1.29 is 17.9 Å². The molecular weight excluding hydrogens is 354 g/mol. The number of methoxy groups -OCH3 is 1. The monoisotopic (exact) mass is 383 g/mol. The van der Waals surface area contributed by atoms with Gasteiger partial charge in [0.1, 0.15) is 5.75 Å². The average molecular weight is 384 g/mol. The van der Waals surface area contributed by atoms with E-state index in [4.69, 9.17) is 4.74 Å². The minimum atomic E-state index is -3.41. The lowest BCUT2D eigenvalue weighted by Crippen LogP contribution is -2.52. The number of carbonyl (C=O) groups excluding carboxylic acids is 1. The summed E-state index contributed by atoms with van der Waals surface area (Å²) in [4.78, 5) is 16.5. The molecule has 1 aliphatic heterocycles. The molecule has 1 unspecified atom stereocenters. The third-order valence-electron chi connectivity index (χ3n) is 4.86. The number of nitrogens with zero attached hydrogens (tertiary/aromatic N) is 3. The standard InChI is InChI=1S/C18H29N3O4S/c1-5-15(2)21(26(4,23)24)14-18(22)20-12-10-19(11-13-20)16-8-6-7-9-17(16)25-3/h6-9,15H,5,10-14H2,1-4H3. The van der Waals surface area contributed by atoms with E-state index in [-0.39, 0.29) is 18.5 Å². The molecule has 1 fully saturated rings. The molecule has 1 aromatic rings. The molecule has 1 atom stereocenters. The van der Waals surface area contributed by atoms with Gasteiger partial charge in [-0.05, 0) is 25.5 Å². The molecule has 7 nitrogen and oxygen atoms in total. The molecule has 2 rings (SSSR count). The lowest BCUT2D eigenvalue weighted by atomic mass is 10.2. The fourth-order valence-corrected chi connectivity index (χ4v) is 4.27. The molecule has 0 N–H and O–H groups in total. The number of amides is 1. The van der Waals surface area contributed by atoms with Crippen LogP contribution in [0.5, 0.6) is 5.75 Å². The van der Waals surface area contributed by atoms with Crippen LogP contribution in [-0.4, -0.2) is 75.7 Å². The zero-order valence-corrected chi connectivity index (χ0v) is 16.8. The van der Waals surface area contributed by atoms with Crippen LogP contribution in [-0.2, 0) is 14.8 Å². The quantitative estimate of drug-likeness (QED) is 0.712. The Morgan fingerprint density at radius 3 is 2.38 bits per heavy atom. The minimum absolute atomic E-state index is 0.0947. The fourth-order valence-electron chi connectivity index (χ4n) is 3.12. The summed E-state index contributed by atoms with van der Waals surface area (Å²) in [5.41, 5.74) is 1.01. The number of para-hydroxylation sites is 2. The van der Waals surface area contributed by atoms with Crippen LogP contribution in [0, 0.1) is 0 Å². The van der Waals surface area contributed by atoms with E-state index in [2.05, 4.69) is 4.90 Å². The SMILES string of the molecule is CCC(C)N(CC(=O)N1CCN(c2ccccc2OC)CC1)S(C)(=O)=O. The van der Waals surface area contributed by atoms with Crippen LogP contribution in [0.3, 0.4) is 0 Å². The molecule has 0 radical (unpaired) electrons. The second kappa shape index (κ2) is 8.73. The number of hydrogen-bond donors (Lipinski definition) is 0. The van der Waals surface area contributed by atoms with E-state index >= 15 is 0 Å². The molecule has 1 saturated heterocycles. The van der Waals surface area contributed by atoms with Gasteiger partial charge in [-0.25, -0.2) is 8.42 Å². The topological polar surface area (TPSA) is 70.2 Å². The van der Waals surface area contributed by atoms with Crippen LogP contribution < -0.4 is 9.64 Å². The van der Waals surface area contributed by atoms with Crippen molar-refractivity contribution in [2.24, 2.45) is 0 Å². The zero-order chi connectivity index (χ0) is 19.3. The fraction of sp³-hybridized carbons (Fsp3) is 0.611. The highest BCUT2D eigenvalue weighted by atomic mass is 32.2. The number of rotatable bonds is 7. The first-order valence-corrected chi connectivity index (χ1v) is 10.7. The third kappa shape index (κ3) is 4.88. The molecular formula is C18H29N3O4S. The van der Waals surface area contributed by atoms with E-state index in [9.17, 15) is 13.2 Å². The summed E-state index contributed by atoms with van der Waals surface area (Å²) in [5, 5.41) is 0. The molecule has 0 aromatic heterocycles. The summed E-state index contributed by atoms with van der Waals surface area (Å²) in [5.74, 6) is 0.669. The average Bonchev–Trinajstić information content (AvgIpc) is 2.64. The van der Waals surface area contributed by atoms with Crippen molar-refractivity contribution >= 4 is 21.6 Å². The van der Waals surface area contributed by atoms with Crippen molar-refractivity contribution in [1.82, 2.24) is 9.21 Å². The smallest absolute Gasteiger partial charge is 0.238 e. The highest BCUT2D eigenvalue weighted by Crippen LogP contribution is 2.28. The summed E-state index contributed by atoms with van der Waals surface area (Å²) in [6.45, 7) is 6.16. The second-order valence-electron chi connectivity index (χ2n) is 6.61. The number of piperazine rings is 1. The Balaban J connectivity index is 1.99. The molecule has 1 heterocycles. The molecule has 0 saturated carbocycles. The highest BCUT2D eigenvalue weighted by molar-refractivity contribution is 7.88. The van der Waals surface area contributed by atoms with Crippen molar-refractivity contribution in [2.75, 3.05) is 51.0 Å². The number of carbonyl (C=O) groups is 1. The Bertz CT molecular complexity index is 715. The first kappa shape index (κ1) is 20.5. The van der Waals surface area contributed by atoms with Gasteiger partial charge < -0.3 is 14.5 Å². The van der Waals surface area contributed by atoms with Crippen molar-refractivity contribution in [3.8, 4) is 5.75 Å². The summed E-state index contributed by atoms with van der Waals surface area (Å²) in [7, 11) is -1.77. The maximum absolute atomic E-state index is 12.6. The lowest BCUT2D eigenvalue weighted by molar-refractivity contribution is -0.132. The Morgan fingerprint density at radius 2 is 1.85 bits per heavy atom. The van der Waals surface area contributed by atoms with Crippen molar-refractivity contribution in [2.45, 2.75) is 26.3 Å². The van der Waals surface area contributed by atoms with Crippen LogP contribution in [0.15, 0.2) is 24.3 Å². The molecule has 1 aliphatic rings. The van der Waals surface area contributed by atoms with Gasteiger partial charge in [0.25, 0.3) is 0 Å². The van der Waals surface area contributed by atoms with Crippen molar-refractivity contribution in [3.63, 3.8) is 0 Å². The van der Waals surface area contributed by atoms with E-state index < -0.39 is 10.0 Å². The Hall–Kier alpha value is -1.80. The first-order chi connectivity index (χ1) is 12.3. The first-order valence-electron chi connectivity index (χ1n) is 8.90. The zero-order valence-electron chi connectivity index (χ0n) is 16.0. The third-order valence-corrected chi connectivity index (χ3v) is 6.20. The number of hydrogen-bond acceptors (Lipinski definition) is 5. The Labute approximate surface area is 156 Å². The van der Waals surface area contributed by atoms with E-state index in [1.807, 2.05) is 38.1 Å². The van der Waals surface area contributed by atoms with Gasteiger partial charge in [-0.1, -0.05) is 19.1 Å². The number of benzene rings is 1. The van der Waals surface area contributed by atoms with Gasteiger partial charge in [0.05, 0.1) is 25.6 Å². The van der Waals surface area contributed by atoms with Crippen LogP contribution in [0.1, 0.15) is 20.3 Å². The molecule has 1 amide bonds. The summed E-state index contributed by atoms with van der Waals surface area (Å²) in [6, 6.07) is 7.62. The van der Waals surface area contributed by atoms with Gasteiger partial charge in [0.2, 0.25) is 15.9 Å². The lowest BCUT2D eigenvalue weighted by Gasteiger charge is -2.37. The summed E-state index contributed by atoms with van der Waals surface area (Å²) >= 11 is 0. The van der Waals surface area contributed by atoms with E-state index in [0.717, 1.165) is 17.7 Å². The van der Waals surface area contributed by atoms with Crippen LogP contribution in [0.2, 0.25) is 0 Å². The van der Waals surface area contributed by atoms with E-state index in [0.29, 0.717) is 32.6 Å². The van der Waals surface area contributed by atoms with Gasteiger partial charge in [-0.15, -0.1) is 0 Å². The molecule has 1 aromatic carbocycles. The largest absolute Gasteiger partial charge is 0.495 e. The van der Waals surface area contributed by atoms with Gasteiger partial charge in [0.15, 0.2) is 0 Å². The second-order valence-corrected chi connectivity index (χ2v) is 8.54. The van der Waals surface area contributed by atoms with Crippen molar-refractivity contribution in [1.29, 1.82) is 0 Å². The molecule has 0 spiro atoms. The maximum Gasteiger partial charge on any atom is 0.238 e. The van der Waals surface area contributed by atoms with Gasteiger partial charge >= 0.3 is 0 Å². The summed E-state index contributed by atoms with van der Waals surface area (Å²) < 4.78 is 30.7. The van der Waals surface area contributed by atoms with Crippen LogP contribution in [0.25, 0.3) is 0 Å². The molecule has 0 bridgehead atoms. The minimum Gasteiger partial charge on any atom is -0.495 e. The van der Waals surface area contributed by atoms with E-state index in [1.54, 1.807) is 12.0 Å². The van der Waals surface area contributed by atoms with Gasteiger partial charge in [-0.3, -0.25) is 4.79 Å². The Kier molecular flexibility index (Phi) is 6.88. The van der Waals surface area contributed by atoms with Gasteiger partial charge in [-0.2, -0.15) is 4.31 Å². The highest BCUT2D eigenvalue weighted by Gasteiger charge is 2.29. The van der Waals surface area contributed by atoms with Gasteiger partial charge in [0, 0.05) is 32.2 Å². The van der Waals surface area contributed by atoms with Crippen LogP contribution in [0.4, 0.5) is 5.69 Å². The van der Waals surface area contributed by atoms with Crippen LogP contribution >= 0.6 is 0 Å². The summed E-state index contributed by atoms with van der Waals surface area (Å²) in [6.07, 6.45) is 1.83. The Morgan fingerprint density at radius 1 is 1.23 bits per heavy atom. The van der Waals surface area contributed by atoms with Crippen molar-refractivity contribution in [3.05, 3.63) is 24.3 Å². The predicted octanol–water partition coefficient (Wildman–Crippen LogP) is 1.40. The number of anilines is 1. The normalized spacial score (nSPS) is 16.7.